The first kappa shape index (κ1) is 9.93. The lowest BCUT2D eigenvalue weighted by Crippen LogP contribution is -2.01. The molecule has 0 spiro atoms. The Morgan fingerprint density at radius 2 is 2.13 bits per heavy atom. The second-order valence-corrected chi connectivity index (χ2v) is 3.43. The van der Waals surface area contributed by atoms with Gasteiger partial charge in [-0.25, -0.2) is 4.98 Å². The van der Waals surface area contributed by atoms with Crippen molar-refractivity contribution in [3.05, 3.63) is 42.4 Å². The van der Waals surface area contributed by atoms with Crippen molar-refractivity contribution < 1.29 is 0 Å². The molecule has 0 amide bonds. The van der Waals surface area contributed by atoms with Gasteiger partial charge in [0, 0.05) is 18.7 Å². The van der Waals surface area contributed by atoms with Gasteiger partial charge < -0.3 is 10.3 Å². The Hall–Kier alpha value is -1.61. The summed E-state index contributed by atoms with van der Waals surface area (Å²) >= 11 is 0. The summed E-state index contributed by atoms with van der Waals surface area (Å²) in [6.07, 6.45) is 3.74. The number of imidazole rings is 1. The first-order valence-electron chi connectivity index (χ1n) is 5.15. The van der Waals surface area contributed by atoms with E-state index >= 15 is 0 Å². The number of aromatic nitrogens is 2. The second kappa shape index (κ2) is 4.28. The summed E-state index contributed by atoms with van der Waals surface area (Å²) in [5, 5.41) is 0. The predicted molar refractivity (Wildman–Crippen MR) is 61.2 cm³/mol. The molecule has 0 unspecified atom stereocenters. The molecule has 0 aliphatic heterocycles. The molecule has 15 heavy (non-hydrogen) atoms. The van der Waals surface area contributed by atoms with E-state index in [1.807, 2.05) is 24.7 Å². The van der Waals surface area contributed by atoms with Crippen molar-refractivity contribution in [1.29, 1.82) is 0 Å². The van der Waals surface area contributed by atoms with E-state index in [0.717, 1.165) is 17.8 Å². The van der Waals surface area contributed by atoms with Crippen molar-refractivity contribution in [2.75, 3.05) is 0 Å². The highest BCUT2D eigenvalue weighted by molar-refractivity contribution is 5.63. The molecular formula is C12H15N3. The Balaban J connectivity index is 2.53. The maximum absolute atomic E-state index is 5.72. The minimum Gasteiger partial charge on any atom is -0.331 e. The zero-order valence-electron chi connectivity index (χ0n) is 8.85. The van der Waals surface area contributed by atoms with Gasteiger partial charge in [-0.3, -0.25) is 0 Å². The van der Waals surface area contributed by atoms with Crippen molar-refractivity contribution >= 4 is 0 Å². The highest BCUT2D eigenvalue weighted by atomic mass is 15.0. The van der Waals surface area contributed by atoms with Gasteiger partial charge in [0.2, 0.25) is 0 Å². The molecule has 1 heterocycles. The lowest BCUT2D eigenvalue weighted by molar-refractivity contribution is 0.768. The molecule has 0 fully saturated rings. The lowest BCUT2D eigenvalue weighted by atomic mass is 10.1. The minimum atomic E-state index is 0.561. The zero-order chi connectivity index (χ0) is 10.7. The van der Waals surface area contributed by atoms with Gasteiger partial charge in [-0.1, -0.05) is 24.3 Å². The van der Waals surface area contributed by atoms with Gasteiger partial charge in [0.15, 0.2) is 0 Å². The molecule has 0 bridgehead atoms. The SMILES string of the molecule is CCn1cncc1-c1ccccc1CN. The van der Waals surface area contributed by atoms with E-state index in [1.165, 1.54) is 5.56 Å². The zero-order valence-corrected chi connectivity index (χ0v) is 8.85. The van der Waals surface area contributed by atoms with Crippen LogP contribution in [0.15, 0.2) is 36.8 Å². The number of nitrogens with zero attached hydrogens (tertiary/aromatic N) is 2. The third-order valence-corrected chi connectivity index (χ3v) is 2.57. The summed E-state index contributed by atoms with van der Waals surface area (Å²) in [5.41, 5.74) is 9.20. The van der Waals surface area contributed by atoms with Crippen molar-refractivity contribution in [3.8, 4) is 11.3 Å². The van der Waals surface area contributed by atoms with Crippen LogP contribution in [0, 0.1) is 0 Å². The van der Waals surface area contributed by atoms with Gasteiger partial charge in [-0.15, -0.1) is 0 Å². The van der Waals surface area contributed by atoms with Gasteiger partial charge in [-0.2, -0.15) is 0 Å². The Morgan fingerprint density at radius 1 is 1.33 bits per heavy atom. The summed E-state index contributed by atoms with van der Waals surface area (Å²) in [6, 6.07) is 8.19. The molecule has 2 rings (SSSR count). The summed E-state index contributed by atoms with van der Waals surface area (Å²) in [5.74, 6) is 0. The van der Waals surface area contributed by atoms with Crippen LogP contribution in [0.2, 0.25) is 0 Å². The van der Waals surface area contributed by atoms with E-state index in [4.69, 9.17) is 5.73 Å². The monoisotopic (exact) mass is 201 g/mol. The van der Waals surface area contributed by atoms with Crippen molar-refractivity contribution in [2.45, 2.75) is 20.0 Å². The molecule has 2 N–H and O–H groups in total. The summed E-state index contributed by atoms with van der Waals surface area (Å²) < 4.78 is 2.12. The van der Waals surface area contributed by atoms with E-state index in [2.05, 4.69) is 28.6 Å². The van der Waals surface area contributed by atoms with Crippen molar-refractivity contribution in [3.63, 3.8) is 0 Å². The van der Waals surface area contributed by atoms with E-state index in [9.17, 15) is 0 Å². The predicted octanol–water partition coefficient (Wildman–Crippen LogP) is 2.03. The fourth-order valence-electron chi connectivity index (χ4n) is 1.75. The van der Waals surface area contributed by atoms with Gasteiger partial charge in [0.1, 0.15) is 0 Å². The molecule has 0 aliphatic carbocycles. The Labute approximate surface area is 89.6 Å². The van der Waals surface area contributed by atoms with Crippen LogP contribution in [0.5, 0.6) is 0 Å². The molecule has 0 saturated heterocycles. The summed E-state index contributed by atoms with van der Waals surface area (Å²) in [6.45, 7) is 3.59. The fourth-order valence-corrected chi connectivity index (χ4v) is 1.75. The molecule has 78 valence electrons. The standard InChI is InChI=1S/C12H15N3/c1-2-15-9-14-8-12(15)11-6-4-3-5-10(11)7-13/h3-6,8-9H,2,7,13H2,1H3. The van der Waals surface area contributed by atoms with Gasteiger partial charge >= 0.3 is 0 Å². The third kappa shape index (κ3) is 1.78. The van der Waals surface area contributed by atoms with Crippen LogP contribution in [-0.2, 0) is 13.1 Å². The van der Waals surface area contributed by atoms with Crippen LogP contribution in [0.4, 0.5) is 0 Å². The average molecular weight is 201 g/mol. The highest BCUT2D eigenvalue weighted by Gasteiger charge is 2.07. The second-order valence-electron chi connectivity index (χ2n) is 3.43. The first-order valence-corrected chi connectivity index (χ1v) is 5.15. The fraction of sp³-hybridized carbons (Fsp3) is 0.250. The van der Waals surface area contributed by atoms with Crippen LogP contribution in [-0.4, -0.2) is 9.55 Å². The molecule has 2 aromatic rings. The van der Waals surface area contributed by atoms with Crippen molar-refractivity contribution in [2.24, 2.45) is 5.73 Å². The largest absolute Gasteiger partial charge is 0.331 e. The molecule has 0 radical (unpaired) electrons. The molecule has 1 aromatic heterocycles. The van der Waals surface area contributed by atoms with Crippen molar-refractivity contribution in [1.82, 2.24) is 9.55 Å². The minimum absolute atomic E-state index is 0.561. The average Bonchev–Trinajstić information content (AvgIpc) is 2.76. The van der Waals surface area contributed by atoms with E-state index in [1.54, 1.807) is 0 Å². The van der Waals surface area contributed by atoms with Crippen LogP contribution < -0.4 is 5.73 Å². The van der Waals surface area contributed by atoms with Gasteiger partial charge in [0.25, 0.3) is 0 Å². The lowest BCUT2D eigenvalue weighted by Gasteiger charge is -2.09. The molecule has 3 nitrogen and oxygen atoms in total. The Morgan fingerprint density at radius 3 is 2.87 bits per heavy atom. The number of benzene rings is 1. The number of aryl methyl sites for hydroxylation is 1. The quantitative estimate of drug-likeness (QED) is 0.825. The third-order valence-electron chi connectivity index (χ3n) is 2.57. The molecule has 0 saturated carbocycles. The maximum Gasteiger partial charge on any atom is 0.0950 e. The Bertz CT molecular complexity index is 446. The molecular weight excluding hydrogens is 186 g/mol. The van der Waals surface area contributed by atoms with E-state index in [-0.39, 0.29) is 0 Å². The van der Waals surface area contributed by atoms with Crippen LogP contribution >= 0.6 is 0 Å². The number of nitrogens with two attached hydrogens (primary N) is 1. The Kier molecular flexibility index (Phi) is 2.83. The first-order chi connectivity index (χ1) is 7.36. The summed E-state index contributed by atoms with van der Waals surface area (Å²) in [7, 11) is 0. The highest BCUT2D eigenvalue weighted by Crippen LogP contribution is 2.22. The smallest absolute Gasteiger partial charge is 0.0950 e. The van der Waals surface area contributed by atoms with Gasteiger partial charge in [0.05, 0.1) is 18.2 Å². The summed E-state index contributed by atoms with van der Waals surface area (Å²) in [4.78, 5) is 4.17. The topological polar surface area (TPSA) is 43.8 Å². The van der Waals surface area contributed by atoms with E-state index in [0.29, 0.717) is 6.54 Å². The normalized spacial score (nSPS) is 10.5. The number of hydrogen-bond donors (Lipinski definition) is 1. The van der Waals surface area contributed by atoms with Crippen LogP contribution in [0.3, 0.4) is 0 Å². The molecule has 1 aromatic carbocycles. The number of hydrogen-bond acceptors (Lipinski definition) is 2. The van der Waals surface area contributed by atoms with Gasteiger partial charge in [-0.05, 0) is 12.5 Å². The van der Waals surface area contributed by atoms with E-state index < -0.39 is 0 Å². The molecule has 3 heteroatoms. The van der Waals surface area contributed by atoms with Crippen LogP contribution in [0.1, 0.15) is 12.5 Å². The van der Waals surface area contributed by atoms with Crippen LogP contribution in [0.25, 0.3) is 11.3 Å². The molecule has 0 atom stereocenters. The maximum atomic E-state index is 5.72. The number of rotatable bonds is 3. The molecule has 0 aliphatic rings.